The maximum atomic E-state index is 12.7. The van der Waals surface area contributed by atoms with Crippen LogP contribution in [0.25, 0.3) is 0 Å². The Bertz CT molecular complexity index is 553. The van der Waals surface area contributed by atoms with Crippen molar-refractivity contribution >= 4 is 11.9 Å². The first kappa shape index (κ1) is 23.2. The van der Waals surface area contributed by atoms with Crippen molar-refractivity contribution in [2.24, 2.45) is 0 Å². The largest absolute Gasteiger partial charge is 0.469 e. The van der Waals surface area contributed by atoms with E-state index in [1.165, 1.54) is 18.2 Å². The molecule has 0 heterocycles. The van der Waals surface area contributed by atoms with Gasteiger partial charge in [-0.1, -0.05) is 43.7 Å². The van der Waals surface area contributed by atoms with Gasteiger partial charge in [0.15, 0.2) is 0 Å². The summed E-state index contributed by atoms with van der Waals surface area (Å²) < 4.78 is 4.72. The molecule has 5 nitrogen and oxygen atoms in total. The van der Waals surface area contributed by atoms with Crippen LogP contribution in [0, 0.1) is 6.92 Å². The van der Waals surface area contributed by atoms with Gasteiger partial charge < -0.3 is 14.5 Å². The SMILES string of the molecule is CCN(CC)CCCCN(CCC(=O)OC)C(=O)CCc1ccc(C)cc1. The van der Waals surface area contributed by atoms with Gasteiger partial charge in [-0.05, 0) is 51.4 Å². The number of hydrogen-bond donors (Lipinski definition) is 0. The monoisotopic (exact) mass is 376 g/mol. The van der Waals surface area contributed by atoms with Gasteiger partial charge in [-0.3, -0.25) is 9.59 Å². The van der Waals surface area contributed by atoms with Crippen molar-refractivity contribution in [1.82, 2.24) is 9.80 Å². The quantitative estimate of drug-likeness (QED) is 0.391. The summed E-state index contributed by atoms with van der Waals surface area (Å²) in [4.78, 5) is 28.4. The number of hydrogen-bond acceptors (Lipinski definition) is 4. The summed E-state index contributed by atoms with van der Waals surface area (Å²) in [6, 6.07) is 8.29. The van der Waals surface area contributed by atoms with Crippen molar-refractivity contribution in [3.63, 3.8) is 0 Å². The second kappa shape index (κ2) is 13.3. The molecule has 0 radical (unpaired) electrons. The van der Waals surface area contributed by atoms with E-state index < -0.39 is 0 Å². The molecule has 0 N–H and O–H groups in total. The summed E-state index contributed by atoms with van der Waals surface area (Å²) in [5.41, 5.74) is 2.39. The van der Waals surface area contributed by atoms with Gasteiger partial charge >= 0.3 is 5.97 Å². The summed E-state index contributed by atoms with van der Waals surface area (Å²) in [5, 5.41) is 0. The Hall–Kier alpha value is -1.88. The number of carbonyl (C=O) groups excluding carboxylic acids is 2. The van der Waals surface area contributed by atoms with Crippen LogP contribution in [0.5, 0.6) is 0 Å². The lowest BCUT2D eigenvalue weighted by Gasteiger charge is -2.23. The predicted molar refractivity (Wildman–Crippen MR) is 110 cm³/mol. The fourth-order valence-electron chi connectivity index (χ4n) is 3.03. The Morgan fingerprint density at radius 3 is 2.15 bits per heavy atom. The highest BCUT2D eigenvalue weighted by molar-refractivity contribution is 5.77. The van der Waals surface area contributed by atoms with Crippen LogP contribution in [0.15, 0.2) is 24.3 Å². The van der Waals surface area contributed by atoms with Crippen molar-refractivity contribution in [1.29, 1.82) is 0 Å². The molecular weight excluding hydrogens is 340 g/mol. The van der Waals surface area contributed by atoms with E-state index in [4.69, 9.17) is 4.74 Å². The summed E-state index contributed by atoms with van der Waals surface area (Å²) in [6.07, 6.45) is 3.46. The minimum absolute atomic E-state index is 0.113. The summed E-state index contributed by atoms with van der Waals surface area (Å²) in [5.74, 6) is -0.156. The summed E-state index contributed by atoms with van der Waals surface area (Å²) in [6.45, 7) is 10.7. The van der Waals surface area contributed by atoms with Crippen LogP contribution in [-0.4, -0.2) is 61.5 Å². The molecule has 0 spiro atoms. The molecule has 0 aliphatic carbocycles. The number of aryl methyl sites for hydroxylation is 2. The van der Waals surface area contributed by atoms with Crippen LogP contribution in [0.2, 0.25) is 0 Å². The molecular formula is C22H36N2O3. The second-order valence-electron chi connectivity index (χ2n) is 6.93. The molecule has 0 saturated carbocycles. The highest BCUT2D eigenvalue weighted by atomic mass is 16.5. The van der Waals surface area contributed by atoms with Crippen LogP contribution in [-0.2, 0) is 20.7 Å². The van der Waals surface area contributed by atoms with Crippen molar-refractivity contribution in [3.8, 4) is 0 Å². The summed E-state index contributed by atoms with van der Waals surface area (Å²) >= 11 is 0. The maximum Gasteiger partial charge on any atom is 0.307 e. The molecule has 0 fully saturated rings. The minimum Gasteiger partial charge on any atom is -0.469 e. The number of nitrogens with zero attached hydrogens (tertiary/aromatic N) is 2. The Morgan fingerprint density at radius 1 is 0.926 bits per heavy atom. The standard InChI is InChI=1S/C22H36N2O3/c1-5-23(6-2)16-7-8-17-24(18-15-22(26)27-4)21(25)14-13-20-11-9-19(3)10-12-20/h9-12H,5-8,13-18H2,1-4H3. The third-order valence-corrected chi connectivity index (χ3v) is 4.96. The topological polar surface area (TPSA) is 49.9 Å². The maximum absolute atomic E-state index is 12.7. The zero-order valence-electron chi connectivity index (χ0n) is 17.5. The molecule has 1 aromatic rings. The zero-order valence-corrected chi connectivity index (χ0v) is 17.5. The lowest BCUT2D eigenvalue weighted by Crippen LogP contribution is -2.34. The van der Waals surface area contributed by atoms with E-state index in [1.807, 2.05) is 4.90 Å². The van der Waals surface area contributed by atoms with Gasteiger partial charge in [0.25, 0.3) is 0 Å². The van der Waals surface area contributed by atoms with Crippen LogP contribution in [0.4, 0.5) is 0 Å². The van der Waals surface area contributed by atoms with E-state index in [9.17, 15) is 9.59 Å². The van der Waals surface area contributed by atoms with E-state index in [1.54, 1.807) is 0 Å². The van der Waals surface area contributed by atoms with Gasteiger partial charge in [-0.15, -0.1) is 0 Å². The van der Waals surface area contributed by atoms with Crippen molar-refractivity contribution in [2.75, 3.05) is 39.8 Å². The fraction of sp³-hybridized carbons (Fsp3) is 0.636. The van der Waals surface area contributed by atoms with Crippen LogP contribution >= 0.6 is 0 Å². The van der Waals surface area contributed by atoms with Crippen molar-refractivity contribution < 1.29 is 14.3 Å². The number of unbranched alkanes of at least 4 members (excludes halogenated alkanes) is 1. The van der Waals surface area contributed by atoms with Gasteiger partial charge in [-0.2, -0.15) is 0 Å². The fourth-order valence-corrected chi connectivity index (χ4v) is 3.03. The molecule has 1 amide bonds. The first-order valence-corrected chi connectivity index (χ1v) is 10.1. The Morgan fingerprint density at radius 2 is 1.56 bits per heavy atom. The molecule has 1 aromatic carbocycles. The van der Waals surface area contributed by atoms with E-state index in [-0.39, 0.29) is 18.3 Å². The van der Waals surface area contributed by atoms with Gasteiger partial charge in [0.2, 0.25) is 5.91 Å². The lowest BCUT2D eigenvalue weighted by atomic mass is 10.1. The molecule has 0 unspecified atom stereocenters. The van der Waals surface area contributed by atoms with Gasteiger partial charge in [0.05, 0.1) is 13.5 Å². The van der Waals surface area contributed by atoms with E-state index in [2.05, 4.69) is 49.9 Å². The Balaban J connectivity index is 2.51. The third kappa shape index (κ3) is 9.57. The van der Waals surface area contributed by atoms with E-state index >= 15 is 0 Å². The number of carbonyl (C=O) groups is 2. The van der Waals surface area contributed by atoms with Gasteiger partial charge in [-0.25, -0.2) is 0 Å². The molecule has 0 atom stereocenters. The molecule has 0 aliphatic heterocycles. The number of esters is 1. The average Bonchev–Trinajstić information content (AvgIpc) is 2.69. The molecule has 1 rings (SSSR count). The molecule has 27 heavy (non-hydrogen) atoms. The lowest BCUT2D eigenvalue weighted by molar-refractivity contribution is -0.141. The first-order chi connectivity index (χ1) is 13.0. The second-order valence-corrected chi connectivity index (χ2v) is 6.93. The third-order valence-electron chi connectivity index (χ3n) is 4.96. The highest BCUT2D eigenvalue weighted by Gasteiger charge is 2.15. The zero-order chi connectivity index (χ0) is 20.1. The first-order valence-electron chi connectivity index (χ1n) is 10.1. The smallest absolute Gasteiger partial charge is 0.307 e. The molecule has 0 bridgehead atoms. The Labute approximate surface area is 164 Å². The van der Waals surface area contributed by atoms with Crippen molar-refractivity contribution in [2.45, 2.75) is 52.9 Å². The van der Waals surface area contributed by atoms with Crippen LogP contribution in [0.1, 0.15) is 50.7 Å². The number of rotatable bonds is 13. The van der Waals surface area contributed by atoms with E-state index in [0.717, 1.165) is 38.9 Å². The Kier molecular flexibility index (Phi) is 11.4. The van der Waals surface area contributed by atoms with Crippen molar-refractivity contribution in [3.05, 3.63) is 35.4 Å². The summed E-state index contributed by atoms with van der Waals surface area (Å²) in [7, 11) is 1.38. The molecule has 0 aliphatic rings. The normalized spacial score (nSPS) is 10.9. The number of benzene rings is 1. The number of amides is 1. The molecule has 152 valence electrons. The average molecular weight is 377 g/mol. The molecule has 0 aromatic heterocycles. The van der Waals surface area contributed by atoms with Crippen LogP contribution < -0.4 is 0 Å². The molecule has 5 heteroatoms. The minimum atomic E-state index is -0.269. The molecule has 0 saturated heterocycles. The predicted octanol–water partition coefficient (Wildman–Crippen LogP) is 3.44. The van der Waals surface area contributed by atoms with Gasteiger partial charge in [0, 0.05) is 19.5 Å². The van der Waals surface area contributed by atoms with E-state index in [0.29, 0.717) is 19.5 Å². The van der Waals surface area contributed by atoms with Crippen LogP contribution in [0.3, 0.4) is 0 Å². The van der Waals surface area contributed by atoms with Gasteiger partial charge in [0.1, 0.15) is 0 Å². The number of methoxy groups -OCH3 is 1. The highest BCUT2D eigenvalue weighted by Crippen LogP contribution is 2.09. The number of ether oxygens (including phenoxy) is 1.